The molecular formula is C21H21F6N3O4S. The minimum absolute atomic E-state index is 0.104. The quantitative estimate of drug-likeness (QED) is 0.141. The van der Waals surface area contributed by atoms with Crippen molar-refractivity contribution in [3.63, 3.8) is 0 Å². The van der Waals surface area contributed by atoms with Crippen LogP contribution in [0.1, 0.15) is 11.1 Å². The molecular weight excluding hydrogens is 504 g/mol. The molecule has 35 heavy (non-hydrogen) atoms. The fourth-order valence-corrected chi connectivity index (χ4v) is 4.49. The van der Waals surface area contributed by atoms with E-state index in [1.54, 1.807) is 0 Å². The molecule has 0 spiro atoms. The van der Waals surface area contributed by atoms with Gasteiger partial charge in [-0.15, -0.1) is 0 Å². The van der Waals surface area contributed by atoms with Gasteiger partial charge in [0.2, 0.25) is 0 Å². The molecule has 1 fully saturated rings. The summed E-state index contributed by atoms with van der Waals surface area (Å²) in [6, 6.07) is 4.33. The Kier molecular flexibility index (Phi) is 8.56. The largest absolute Gasteiger partial charge is 0.416 e. The number of alkyl halides is 3. The number of ether oxygens (including phenoxy) is 1. The fraction of sp³-hybridized carbons (Fsp3) is 0.333. The maximum atomic E-state index is 13.6. The van der Waals surface area contributed by atoms with Gasteiger partial charge in [0.15, 0.2) is 17.5 Å². The molecule has 2 aromatic carbocycles. The standard InChI is InChI=1S/C21H21F6N3O4S/c22-12-4-9(5-13(23)16(12)24)14(30-28)7-29-17-18(32)15(8-31)34-20(19(17)33)35-11-3-1-2-10(6-11)21(25,26)27/h1-7,15,17-20,29-33H,8,28H2/b14-7-/t15?,17?,18-,19?,20+/m0/s1. The number of aliphatic hydroxyl groups excluding tert-OH is 3. The third-order valence-electron chi connectivity index (χ3n) is 5.17. The molecule has 3 unspecified atom stereocenters. The monoisotopic (exact) mass is 525 g/mol. The Balaban J connectivity index is 1.84. The normalized spacial score (nSPS) is 25.4. The van der Waals surface area contributed by atoms with Gasteiger partial charge < -0.3 is 30.8 Å². The molecule has 0 saturated carbocycles. The number of rotatable bonds is 7. The molecule has 5 atom stereocenters. The first kappa shape index (κ1) is 27.1. The summed E-state index contributed by atoms with van der Waals surface area (Å²) in [4.78, 5) is 0.104. The predicted molar refractivity (Wildman–Crippen MR) is 114 cm³/mol. The molecule has 1 heterocycles. The lowest BCUT2D eigenvalue weighted by Crippen LogP contribution is -2.62. The zero-order valence-electron chi connectivity index (χ0n) is 17.6. The third kappa shape index (κ3) is 6.20. The summed E-state index contributed by atoms with van der Waals surface area (Å²) >= 11 is 0.733. The molecule has 3 rings (SSSR count). The summed E-state index contributed by atoms with van der Waals surface area (Å²) < 4.78 is 84.9. The van der Waals surface area contributed by atoms with Crippen LogP contribution >= 0.6 is 11.8 Å². The summed E-state index contributed by atoms with van der Waals surface area (Å²) in [5, 5.41) is 33.4. The van der Waals surface area contributed by atoms with Gasteiger partial charge in [0, 0.05) is 16.7 Å². The zero-order chi connectivity index (χ0) is 25.9. The summed E-state index contributed by atoms with van der Waals surface area (Å²) in [5.74, 6) is 0.728. The van der Waals surface area contributed by atoms with Crippen LogP contribution in [-0.2, 0) is 10.9 Å². The van der Waals surface area contributed by atoms with Crippen LogP contribution in [0.3, 0.4) is 0 Å². The second-order valence-electron chi connectivity index (χ2n) is 7.50. The third-order valence-corrected chi connectivity index (χ3v) is 6.32. The average molecular weight is 525 g/mol. The number of hydrogen-bond donors (Lipinski definition) is 6. The molecule has 7 N–H and O–H groups in total. The highest BCUT2D eigenvalue weighted by Gasteiger charge is 2.44. The van der Waals surface area contributed by atoms with Crippen molar-refractivity contribution in [1.82, 2.24) is 10.7 Å². The molecule has 192 valence electrons. The van der Waals surface area contributed by atoms with Gasteiger partial charge in [-0.3, -0.25) is 5.84 Å². The van der Waals surface area contributed by atoms with Crippen molar-refractivity contribution < 1.29 is 46.4 Å². The number of thioether (sulfide) groups is 1. The van der Waals surface area contributed by atoms with Crippen LogP contribution in [0.2, 0.25) is 0 Å². The number of benzene rings is 2. The number of aliphatic hydroxyl groups is 3. The van der Waals surface area contributed by atoms with E-state index < -0.39 is 65.6 Å². The molecule has 2 aromatic rings. The summed E-state index contributed by atoms with van der Waals surface area (Å²) in [6.45, 7) is -0.689. The second-order valence-corrected chi connectivity index (χ2v) is 8.67. The SMILES string of the molecule is NN/C(=C\NC1C(O)[C@@H](Sc2cccc(C(F)(F)F)c2)OC(CO)[C@@H]1O)c1cc(F)c(F)c(F)c1. The molecule has 1 saturated heterocycles. The Labute approximate surface area is 199 Å². The van der Waals surface area contributed by atoms with E-state index in [1.165, 1.54) is 12.1 Å². The number of hydrogen-bond acceptors (Lipinski definition) is 8. The second kappa shape index (κ2) is 11.1. The number of nitrogens with one attached hydrogen (secondary N) is 2. The van der Waals surface area contributed by atoms with Crippen LogP contribution in [0.15, 0.2) is 47.5 Å². The van der Waals surface area contributed by atoms with Crippen LogP contribution in [-0.4, -0.2) is 51.7 Å². The van der Waals surface area contributed by atoms with E-state index in [9.17, 15) is 41.7 Å². The van der Waals surface area contributed by atoms with E-state index in [0.29, 0.717) is 12.1 Å². The first-order valence-corrected chi connectivity index (χ1v) is 10.9. The van der Waals surface area contributed by atoms with Gasteiger partial charge in [-0.25, -0.2) is 13.2 Å². The van der Waals surface area contributed by atoms with Crippen molar-refractivity contribution >= 4 is 17.5 Å². The van der Waals surface area contributed by atoms with Crippen molar-refractivity contribution in [2.45, 2.75) is 40.9 Å². The van der Waals surface area contributed by atoms with Crippen molar-refractivity contribution in [2.24, 2.45) is 5.84 Å². The van der Waals surface area contributed by atoms with Crippen LogP contribution in [0.5, 0.6) is 0 Å². The van der Waals surface area contributed by atoms with Crippen LogP contribution < -0.4 is 16.6 Å². The van der Waals surface area contributed by atoms with E-state index in [2.05, 4.69) is 10.7 Å². The van der Waals surface area contributed by atoms with Crippen molar-refractivity contribution in [3.8, 4) is 0 Å². The molecule has 0 aliphatic carbocycles. The number of hydrazine groups is 1. The van der Waals surface area contributed by atoms with Crippen molar-refractivity contribution in [3.05, 3.63) is 71.2 Å². The first-order valence-electron chi connectivity index (χ1n) is 10.0. The summed E-state index contributed by atoms with van der Waals surface area (Å²) in [6.07, 6.45) is -7.82. The van der Waals surface area contributed by atoms with E-state index in [1.807, 2.05) is 0 Å². The zero-order valence-corrected chi connectivity index (χ0v) is 18.5. The summed E-state index contributed by atoms with van der Waals surface area (Å²) in [7, 11) is 0. The average Bonchev–Trinajstić information content (AvgIpc) is 2.81. The molecule has 1 aliphatic heterocycles. The van der Waals surface area contributed by atoms with E-state index in [-0.39, 0.29) is 16.2 Å². The van der Waals surface area contributed by atoms with E-state index in [4.69, 9.17) is 10.6 Å². The topological polar surface area (TPSA) is 120 Å². The van der Waals surface area contributed by atoms with Gasteiger partial charge in [-0.2, -0.15) is 13.2 Å². The van der Waals surface area contributed by atoms with Crippen LogP contribution in [0, 0.1) is 17.5 Å². The lowest BCUT2D eigenvalue weighted by molar-refractivity contribution is -0.164. The Morgan fingerprint density at radius 2 is 1.74 bits per heavy atom. The smallest absolute Gasteiger partial charge is 0.394 e. The highest BCUT2D eigenvalue weighted by molar-refractivity contribution is 7.99. The highest BCUT2D eigenvalue weighted by Crippen LogP contribution is 2.36. The molecule has 0 amide bonds. The van der Waals surface area contributed by atoms with Gasteiger partial charge in [0.25, 0.3) is 0 Å². The van der Waals surface area contributed by atoms with Gasteiger partial charge in [-0.05, 0) is 30.3 Å². The molecule has 0 radical (unpaired) electrons. The molecule has 0 aromatic heterocycles. The molecule has 7 nitrogen and oxygen atoms in total. The maximum absolute atomic E-state index is 13.6. The molecule has 0 bridgehead atoms. The summed E-state index contributed by atoms with van der Waals surface area (Å²) in [5.41, 5.74) is -0.356. The van der Waals surface area contributed by atoms with E-state index >= 15 is 0 Å². The first-order chi connectivity index (χ1) is 16.5. The van der Waals surface area contributed by atoms with Gasteiger partial charge in [0.1, 0.15) is 23.7 Å². The minimum Gasteiger partial charge on any atom is -0.394 e. The van der Waals surface area contributed by atoms with Crippen molar-refractivity contribution in [2.75, 3.05) is 6.61 Å². The van der Waals surface area contributed by atoms with Gasteiger partial charge in [0.05, 0.1) is 23.9 Å². The fourth-order valence-electron chi connectivity index (χ4n) is 3.36. The predicted octanol–water partition coefficient (Wildman–Crippen LogP) is 2.07. The lowest BCUT2D eigenvalue weighted by Gasteiger charge is -2.42. The lowest BCUT2D eigenvalue weighted by atomic mass is 9.97. The number of nitrogens with two attached hydrogens (primary N) is 1. The molecule has 1 aliphatic rings. The minimum atomic E-state index is -4.59. The Hall–Kier alpha value is -2.49. The van der Waals surface area contributed by atoms with E-state index in [0.717, 1.165) is 30.1 Å². The number of halogens is 6. The Morgan fingerprint density at radius 3 is 2.31 bits per heavy atom. The highest BCUT2D eigenvalue weighted by atomic mass is 32.2. The van der Waals surface area contributed by atoms with Crippen LogP contribution in [0.25, 0.3) is 5.70 Å². The Morgan fingerprint density at radius 1 is 1.09 bits per heavy atom. The van der Waals surface area contributed by atoms with Crippen LogP contribution in [0.4, 0.5) is 26.3 Å². The Bertz CT molecular complexity index is 1050. The maximum Gasteiger partial charge on any atom is 0.416 e. The van der Waals surface area contributed by atoms with Crippen molar-refractivity contribution in [1.29, 1.82) is 0 Å². The van der Waals surface area contributed by atoms with Gasteiger partial charge in [-0.1, -0.05) is 17.8 Å². The molecule has 14 heteroatoms. The van der Waals surface area contributed by atoms with Gasteiger partial charge >= 0.3 is 6.18 Å².